The molecule has 7 heteroatoms. The molecule has 2 heterocycles. The molecule has 0 unspecified atom stereocenters. The number of nitrogens with one attached hydrogen (secondary N) is 1. The van der Waals surface area contributed by atoms with E-state index < -0.39 is 0 Å². The fourth-order valence-electron chi connectivity index (χ4n) is 2.31. The molecule has 0 saturated carbocycles. The first kappa shape index (κ1) is 16.3. The van der Waals surface area contributed by atoms with Crippen LogP contribution in [0.25, 0.3) is 5.69 Å². The van der Waals surface area contributed by atoms with Crippen molar-refractivity contribution in [3.63, 3.8) is 0 Å². The maximum absolute atomic E-state index is 12.0. The maximum atomic E-state index is 12.0. The SMILES string of the molecule is Cc1ccc(-n2c(C)nnc2SCC(=O)Nn2cccc2)cc1C. The topological polar surface area (TPSA) is 64.7 Å². The number of rotatable bonds is 5. The van der Waals surface area contributed by atoms with E-state index in [4.69, 9.17) is 0 Å². The molecule has 3 rings (SSSR count). The van der Waals surface area contributed by atoms with Gasteiger partial charge in [-0.05, 0) is 56.2 Å². The highest BCUT2D eigenvalue weighted by Gasteiger charge is 2.14. The molecule has 0 atom stereocenters. The molecule has 0 aliphatic carbocycles. The number of carbonyl (C=O) groups is 1. The van der Waals surface area contributed by atoms with E-state index in [1.807, 2.05) is 29.7 Å². The van der Waals surface area contributed by atoms with Crippen LogP contribution < -0.4 is 5.43 Å². The van der Waals surface area contributed by atoms with E-state index in [2.05, 4.69) is 41.6 Å². The molecule has 124 valence electrons. The number of thioether (sulfide) groups is 1. The van der Waals surface area contributed by atoms with Gasteiger partial charge in [-0.1, -0.05) is 17.8 Å². The number of benzene rings is 1. The van der Waals surface area contributed by atoms with Crippen molar-refractivity contribution in [3.05, 3.63) is 59.7 Å². The van der Waals surface area contributed by atoms with Crippen molar-refractivity contribution in [1.29, 1.82) is 0 Å². The Hall–Kier alpha value is -2.54. The van der Waals surface area contributed by atoms with Crippen molar-refractivity contribution in [2.75, 3.05) is 11.2 Å². The Morgan fingerprint density at radius 1 is 1.12 bits per heavy atom. The third-order valence-electron chi connectivity index (χ3n) is 3.73. The lowest BCUT2D eigenvalue weighted by Gasteiger charge is -2.10. The summed E-state index contributed by atoms with van der Waals surface area (Å²) in [6.07, 6.45) is 3.56. The van der Waals surface area contributed by atoms with Crippen LogP contribution >= 0.6 is 11.8 Å². The standard InChI is InChI=1S/C17H19N5OS/c1-12-6-7-15(10-13(12)2)22-14(3)18-19-17(22)24-11-16(23)20-21-8-4-5-9-21/h4-10H,11H2,1-3H3,(H,20,23). The Balaban J connectivity index is 1.75. The van der Waals surface area contributed by atoms with Gasteiger partial charge in [0.1, 0.15) is 5.82 Å². The molecule has 0 aliphatic heterocycles. The van der Waals surface area contributed by atoms with Crippen molar-refractivity contribution in [2.45, 2.75) is 25.9 Å². The van der Waals surface area contributed by atoms with Gasteiger partial charge in [0.15, 0.2) is 5.16 Å². The summed E-state index contributed by atoms with van der Waals surface area (Å²) >= 11 is 1.37. The highest BCUT2D eigenvalue weighted by molar-refractivity contribution is 7.99. The molecule has 0 spiro atoms. The molecule has 1 N–H and O–H groups in total. The second-order valence-corrected chi connectivity index (χ2v) is 6.49. The number of hydrogen-bond acceptors (Lipinski definition) is 4. The Morgan fingerprint density at radius 3 is 2.58 bits per heavy atom. The van der Waals surface area contributed by atoms with Crippen molar-refractivity contribution in [2.24, 2.45) is 0 Å². The summed E-state index contributed by atoms with van der Waals surface area (Å²) in [4.78, 5) is 12.0. The van der Waals surface area contributed by atoms with Crippen molar-refractivity contribution in [1.82, 2.24) is 19.4 Å². The number of hydrogen-bond donors (Lipinski definition) is 1. The van der Waals surface area contributed by atoms with Crippen LogP contribution in [0.1, 0.15) is 17.0 Å². The smallest absolute Gasteiger partial charge is 0.249 e. The summed E-state index contributed by atoms with van der Waals surface area (Å²) in [5, 5.41) is 9.06. The molecule has 2 aromatic heterocycles. The Kier molecular flexibility index (Phi) is 4.71. The molecule has 3 aromatic rings. The molecule has 0 radical (unpaired) electrons. The third-order valence-corrected chi connectivity index (χ3v) is 4.66. The highest BCUT2D eigenvalue weighted by atomic mass is 32.2. The van der Waals surface area contributed by atoms with Gasteiger partial charge < -0.3 is 0 Å². The summed E-state index contributed by atoms with van der Waals surface area (Å²) in [5.41, 5.74) is 6.23. The van der Waals surface area contributed by atoms with E-state index in [0.717, 1.165) is 11.5 Å². The van der Waals surface area contributed by atoms with Gasteiger partial charge in [-0.25, -0.2) is 0 Å². The largest absolute Gasteiger partial charge is 0.274 e. The van der Waals surface area contributed by atoms with Gasteiger partial charge >= 0.3 is 0 Å². The van der Waals surface area contributed by atoms with Crippen molar-refractivity contribution in [3.8, 4) is 5.69 Å². The van der Waals surface area contributed by atoms with Crippen LogP contribution in [0.3, 0.4) is 0 Å². The normalized spacial score (nSPS) is 10.8. The fourth-order valence-corrected chi connectivity index (χ4v) is 3.10. The Bertz CT molecular complexity index is 854. The molecule has 1 aromatic carbocycles. The minimum atomic E-state index is -0.0940. The van der Waals surface area contributed by atoms with Gasteiger partial charge in [-0.2, -0.15) is 0 Å². The minimum Gasteiger partial charge on any atom is -0.274 e. The van der Waals surface area contributed by atoms with E-state index in [1.54, 1.807) is 17.1 Å². The second-order valence-electron chi connectivity index (χ2n) is 5.55. The van der Waals surface area contributed by atoms with E-state index in [9.17, 15) is 4.79 Å². The number of amides is 1. The van der Waals surface area contributed by atoms with Crippen molar-refractivity contribution < 1.29 is 4.79 Å². The van der Waals surface area contributed by atoms with Gasteiger partial charge in [0.2, 0.25) is 5.91 Å². The predicted molar refractivity (Wildman–Crippen MR) is 95.1 cm³/mol. The van der Waals surface area contributed by atoms with E-state index in [0.29, 0.717) is 5.16 Å². The second kappa shape index (κ2) is 6.92. The summed E-state index contributed by atoms with van der Waals surface area (Å²) in [5.74, 6) is 0.969. The average Bonchev–Trinajstić information content (AvgIpc) is 3.18. The Labute approximate surface area is 144 Å². The van der Waals surface area contributed by atoms with E-state index in [1.165, 1.54) is 22.9 Å². The molecule has 0 saturated heterocycles. The molecular weight excluding hydrogens is 322 g/mol. The van der Waals surface area contributed by atoms with E-state index in [-0.39, 0.29) is 11.7 Å². The van der Waals surface area contributed by atoms with Crippen LogP contribution in [0, 0.1) is 20.8 Å². The molecule has 0 fully saturated rings. The summed E-state index contributed by atoms with van der Waals surface area (Å²) in [6.45, 7) is 6.07. The van der Waals surface area contributed by atoms with Gasteiger partial charge in [-0.15, -0.1) is 10.2 Å². The molecule has 0 bridgehead atoms. The van der Waals surface area contributed by atoms with Crippen LogP contribution in [0.5, 0.6) is 0 Å². The molecular formula is C17H19N5OS. The minimum absolute atomic E-state index is 0.0940. The third kappa shape index (κ3) is 3.51. The summed E-state index contributed by atoms with van der Waals surface area (Å²) < 4.78 is 3.60. The average molecular weight is 341 g/mol. The van der Waals surface area contributed by atoms with Crippen molar-refractivity contribution >= 4 is 17.7 Å². The summed E-state index contributed by atoms with van der Waals surface area (Å²) in [6, 6.07) is 9.94. The van der Waals surface area contributed by atoms with Crippen LogP contribution in [-0.2, 0) is 4.79 Å². The lowest BCUT2D eigenvalue weighted by molar-refractivity contribution is -0.114. The quantitative estimate of drug-likeness (QED) is 0.725. The fraction of sp³-hybridized carbons (Fsp3) is 0.235. The molecule has 24 heavy (non-hydrogen) atoms. The summed E-state index contributed by atoms with van der Waals surface area (Å²) in [7, 11) is 0. The van der Waals surface area contributed by atoms with Gasteiger partial charge in [0.25, 0.3) is 0 Å². The van der Waals surface area contributed by atoms with Gasteiger partial charge in [0.05, 0.1) is 5.75 Å². The molecule has 1 amide bonds. The number of nitrogens with zero attached hydrogens (tertiary/aromatic N) is 4. The molecule has 0 aliphatic rings. The number of aryl methyl sites for hydroxylation is 3. The number of aromatic nitrogens is 4. The first-order valence-corrected chi connectivity index (χ1v) is 8.58. The lowest BCUT2D eigenvalue weighted by Crippen LogP contribution is -2.23. The lowest BCUT2D eigenvalue weighted by atomic mass is 10.1. The van der Waals surface area contributed by atoms with Crippen LogP contribution in [0.2, 0.25) is 0 Å². The van der Waals surface area contributed by atoms with E-state index >= 15 is 0 Å². The number of carbonyl (C=O) groups excluding carboxylic acids is 1. The van der Waals surface area contributed by atoms with Gasteiger partial charge in [0, 0.05) is 18.1 Å². The Morgan fingerprint density at radius 2 is 1.88 bits per heavy atom. The maximum Gasteiger partial charge on any atom is 0.249 e. The van der Waals surface area contributed by atoms with Crippen LogP contribution in [-0.4, -0.2) is 31.1 Å². The van der Waals surface area contributed by atoms with Crippen LogP contribution in [0.15, 0.2) is 47.9 Å². The first-order valence-electron chi connectivity index (χ1n) is 7.60. The van der Waals surface area contributed by atoms with Crippen LogP contribution in [0.4, 0.5) is 0 Å². The molecule has 6 nitrogen and oxygen atoms in total. The van der Waals surface area contributed by atoms with Gasteiger partial charge in [-0.3, -0.25) is 19.5 Å². The zero-order chi connectivity index (χ0) is 17.1. The zero-order valence-corrected chi connectivity index (χ0v) is 14.7. The predicted octanol–water partition coefficient (Wildman–Crippen LogP) is 2.86. The zero-order valence-electron chi connectivity index (χ0n) is 13.9. The monoisotopic (exact) mass is 341 g/mol. The highest BCUT2D eigenvalue weighted by Crippen LogP contribution is 2.23. The first-order chi connectivity index (χ1) is 11.5.